The van der Waals surface area contributed by atoms with Gasteiger partial charge in [-0.3, -0.25) is 0 Å². The maximum absolute atomic E-state index is 5.77. The molecule has 0 aliphatic rings. The third-order valence-corrected chi connectivity index (χ3v) is 2.40. The summed E-state index contributed by atoms with van der Waals surface area (Å²) in [6, 6.07) is 8.78. The van der Waals surface area contributed by atoms with Gasteiger partial charge in [-0.15, -0.1) is 0 Å². The monoisotopic (exact) mass is 273 g/mol. The first-order valence-electron chi connectivity index (χ1n) is 4.36. The average Bonchev–Trinajstić information content (AvgIpc) is 2.20. The lowest BCUT2D eigenvalue weighted by Gasteiger charge is -2.05. The third kappa shape index (κ3) is 2.98. The quantitative estimate of drug-likeness (QED) is 0.659. The van der Waals surface area contributed by atoms with E-state index in [0.717, 1.165) is 5.69 Å². The van der Waals surface area contributed by atoms with E-state index >= 15 is 0 Å². The lowest BCUT2D eigenvalue weighted by Crippen LogP contribution is -1.95. The molecule has 1 aromatic heterocycles. The Bertz CT molecular complexity index is 479. The highest BCUT2D eigenvalue weighted by Gasteiger charge is 2.01. The van der Waals surface area contributed by atoms with Gasteiger partial charge in [-0.05, 0) is 35.9 Å². The van der Waals surface area contributed by atoms with Crippen LogP contribution in [0.25, 0.3) is 0 Å². The summed E-state index contributed by atoms with van der Waals surface area (Å²) in [5.74, 6) is 0.535. The molecule has 6 heteroatoms. The molecule has 0 fully saturated rings. The summed E-state index contributed by atoms with van der Waals surface area (Å²) in [4.78, 5) is 7.73. The largest absolute Gasteiger partial charge is 0.340 e. The van der Waals surface area contributed by atoms with Crippen molar-refractivity contribution in [2.75, 3.05) is 5.32 Å². The normalized spacial score (nSPS) is 10.2. The smallest absolute Gasteiger partial charge is 0.225 e. The molecule has 0 amide bonds. The summed E-state index contributed by atoms with van der Waals surface area (Å²) < 4.78 is 0. The van der Waals surface area contributed by atoms with Crippen LogP contribution in [0.15, 0.2) is 30.3 Å². The number of nitrogens with zero attached hydrogens (tertiary/aromatic N) is 2. The molecule has 0 saturated heterocycles. The Hall–Kier alpha value is -1.03. The Labute approximate surface area is 107 Å². The van der Waals surface area contributed by atoms with Crippen molar-refractivity contribution in [2.45, 2.75) is 0 Å². The van der Waals surface area contributed by atoms with E-state index in [1.54, 1.807) is 18.2 Å². The third-order valence-electron chi connectivity index (χ3n) is 1.78. The van der Waals surface area contributed by atoms with E-state index in [1.807, 2.05) is 12.1 Å². The van der Waals surface area contributed by atoms with Gasteiger partial charge in [0, 0.05) is 16.8 Å². The summed E-state index contributed by atoms with van der Waals surface area (Å²) in [6.07, 6.45) is 0. The molecular formula is C10H6Cl3N3. The fourth-order valence-corrected chi connectivity index (χ4v) is 1.67. The summed E-state index contributed by atoms with van der Waals surface area (Å²) in [5, 5.41) is 4.09. The number of anilines is 2. The maximum Gasteiger partial charge on any atom is 0.225 e. The Morgan fingerprint density at radius 3 is 2.25 bits per heavy atom. The van der Waals surface area contributed by atoms with Crippen LogP contribution >= 0.6 is 34.8 Å². The highest BCUT2D eigenvalue weighted by atomic mass is 35.5. The first-order valence-corrected chi connectivity index (χ1v) is 5.49. The topological polar surface area (TPSA) is 37.8 Å². The highest BCUT2D eigenvalue weighted by molar-refractivity contribution is 6.32. The van der Waals surface area contributed by atoms with Crippen LogP contribution in [0.1, 0.15) is 0 Å². The van der Waals surface area contributed by atoms with Gasteiger partial charge < -0.3 is 5.32 Å². The number of aromatic nitrogens is 2. The molecule has 16 heavy (non-hydrogen) atoms. The van der Waals surface area contributed by atoms with E-state index < -0.39 is 0 Å². The maximum atomic E-state index is 5.77. The molecule has 0 atom stereocenters. The van der Waals surface area contributed by atoms with E-state index in [-0.39, 0.29) is 10.4 Å². The van der Waals surface area contributed by atoms with Crippen molar-refractivity contribution < 1.29 is 0 Å². The van der Waals surface area contributed by atoms with Gasteiger partial charge in [0.2, 0.25) is 5.28 Å². The molecular weight excluding hydrogens is 268 g/mol. The molecule has 3 nitrogen and oxygen atoms in total. The second-order valence-electron chi connectivity index (χ2n) is 2.98. The van der Waals surface area contributed by atoms with Crippen molar-refractivity contribution in [1.82, 2.24) is 9.97 Å². The molecule has 0 radical (unpaired) electrons. The average molecular weight is 275 g/mol. The standard InChI is InChI=1S/C10H6Cl3N3/c11-6-1-3-7(4-2-6)14-9-5-8(12)15-10(13)16-9/h1-5H,(H,14,15,16). The van der Waals surface area contributed by atoms with Crippen molar-refractivity contribution in [3.05, 3.63) is 45.8 Å². The molecule has 1 aromatic carbocycles. The Morgan fingerprint density at radius 2 is 1.62 bits per heavy atom. The molecule has 0 bridgehead atoms. The van der Waals surface area contributed by atoms with Crippen molar-refractivity contribution in [3.8, 4) is 0 Å². The fraction of sp³-hybridized carbons (Fsp3) is 0. The molecule has 0 saturated carbocycles. The zero-order valence-electron chi connectivity index (χ0n) is 7.92. The van der Waals surface area contributed by atoms with Gasteiger partial charge in [-0.25, -0.2) is 9.97 Å². The van der Waals surface area contributed by atoms with E-state index in [0.29, 0.717) is 10.8 Å². The molecule has 2 rings (SSSR count). The second-order valence-corrected chi connectivity index (χ2v) is 4.14. The zero-order chi connectivity index (χ0) is 11.5. The van der Waals surface area contributed by atoms with Crippen molar-refractivity contribution in [3.63, 3.8) is 0 Å². The van der Waals surface area contributed by atoms with Gasteiger partial charge in [0.15, 0.2) is 0 Å². The number of benzene rings is 1. The summed E-state index contributed by atoms with van der Waals surface area (Å²) in [7, 11) is 0. The number of hydrogen-bond acceptors (Lipinski definition) is 3. The minimum atomic E-state index is 0.101. The van der Waals surface area contributed by atoms with E-state index in [1.165, 1.54) is 0 Å². The minimum Gasteiger partial charge on any atom is -0.340 e. The number of nitrogens with one attached hydrogen (secondary N) is 1. The predicted molar refractivity (Wildman–Crippen MR) is 66.8 cm³/mol. The van der Waals surface area contributed by atoms with Gasteiger partial charge in [0.05, 0.1) is 0 Å². The number of rotatable bonds is 2. The zero-order valence-corrected chi connectivity index (χ0v) is 10.2. The van der Waals surface area contributed by atoms with Crippen molar-refractivity contribution in [1.29, 1.82) is 0 Å². The Morgan fingerprint density at radius 1 is 0.938 bits per heavy atom. The molecule has 0 aliphatic carbocycles. The van der Waals surface area contributed by atoms with Crippen LogP contribution in [-0.2, 0) is 0 Å². The molecule has 2 aromatic rings. The van der Waals surface area contributed by atoms with Crippen molar-refractivity contribution in [2.24, 2.45) is 0 Å². The number of hydrogen-bond donors (Lipinski definition) is 1. The fourth-order valence-electron chi connectivity index (χ4n) is 1.14. The van der Waals surface area contributed by atoms with Gasteiger partial charge in [0.1, 0.15) is 11.0 Å². The van der Waals surface area contributed by atoms with Crippen LogP contribution in [0.5, 0.6) is 0 Å². The molecule has 0 aliphatic heterocycles. The van der Waals surface area contributed by atoms with Gasteiger partial charge >= 0.3 is 0 Å². The van der Waals surface area contributed by atoms with Gasteiger partial charge in [-0.1, -0.05) is 23.2 Å². The van der Waals surface area contributed by atoms with Gasteiger partial charge in [-0.2, -0.15) is 0 Å². The van der Waals surface area contributed by atoms with Crippen LogP contribution in [-0.4, -0.2) is 9.97 Å². The lowest BCUT2D eigenvalue weighted by atomic mass is 10.3. The summed E-state index contributed by atoms with van der Waals surface area (Å²) in [6.45, 7) is 0. The van der Waals surface area contributed by atoms with Crippen molar-refractivity contribution >= 4 is 46.3 Å². The minimum absolute atomic E-state index is 0.101. The summed E-state index contributed by atoms with van der Waals surface area (Å²) in [5.41, 5.74) is 0.843. The molecule has 0 unspecified atom stereocenters. The van der Waals surface area contributed by atoms with Crippen LogP contribution in [0.2, 0.25) is 15.5 Å². The Kier molecular flexibility index (Phi) is 3.49. The molecule has 0 spiro atoms. The molecule has 82 valence electrons. The van der Waals surface area contributed by atoms with Crippen LogP contribution in [0.3, 0.4) is 0 Å². The first kappa shape index (κ1) is 11.5. The Balaban J connectivity index is 2.23. The highest BCUT2D eigenvalue weighted by Crippen LogP contribution is 2.20. The second kappa shape index (κ2) is 4.87. The van der Waals surface area contributed by atoms with E-state index in [4.69, 9.17) is 34.8 Å². The predicted octanol–water partition coefficient (Wildman–Crippen LogP) is 4.18. The SMILES string of the molecule is Clc1ccc(Nc2cc(Cl)nc(Cl)n2)cc1. The molecule has 1 N–H and O–H groups in total. The first-order chi connectivity index (χ1) is 7.63. The summed E-state index contributed by atoms with van der Waals surface area (Å²) >= 11 is 17.2. The van der Waals surface area contributed by atoms with E-state index in [9.17, 15) is 0 Å². The van der Waals surface area contributed by atoms with Crippen LogP contribution in [0.4, 0.5) is 11.5 Å². The van der Waals surface area contributed by atoms with Crippen LogP contribution < -0.4 is 5.32 Å². The van der Waals surface area contributed by atoms with Gasteiger partial charge in [0.25, 0.3) is 0 Å². The van der Waals surface area contributed by atoms with E-state index in [2.05, 4.69) is 15.3 Å². The number of halogens is 3. The van der Waals surface area contributed by atoms with Crippen LogP contribution in [0, 0.1) is 0 Å². The molecule has 1 heterocycles. The lowest BCUT2D eigenvalue weighted by molar-refractivity contribution is 1.17.